The first kappa shape index (κ1) is 23.1. The maximum absolute atomic E-state index is 6.02. The predicted octanol–water partition coefficient (Wildman–Crippen LogP) is 6.07. The zero-order valence-electron chi connectivity index (χ0n) is 21.1. The van der Waals surface area contributed by atoms with Crippen molar-refractivity contribution in [1.29, 1.82) is 0 Å². The number of hydrogen-bond acceptors (Lipinski definition) is 7. The Morgan fingerprint density at radius 1 is 1.05 bits per heavy atom. The summed E-state index contributed by atoms with van der Waals surface area (Å²) >= 11 is 1.78. The van der Waals surface area contributed by atoms with E-state index in [9.17, 15) is 0 Å². The van der Waals surface area contributed by atoms with Crippen LogP contribution in [0, 0.1) is 6.92 Å². The third-order valence-corrected chi connectivity index (χ3v) is 8.12. The average molecular weight is 522 g/mol. The van der Waals surface area contributed by atoms with Gasteiger partial charge in [-0.1, -0.05) is 0 Å². The highest BCUT2D eigenvalue weighted by atomic mass is 32.1. The number of nitrogens with zero attached hydrogens (tertiary/aromatic N) is 5. The number of ether oxygens (including phenoxy) is 1. The monoisotopic (exact) mass is 521 g/mol. The number of nitrogens with one attached hydrogen (secondary N) is 2. The summed E-state index contributed by atoms with van der Waals surface area (Å²) in [5.41, 5.74) is 7.03. The maximum atomic E-state index is 6.02. The van der Waals surface area contributed by atoms with Crippen LogP contribution in [0.1, 0.15) is 17.7 Å². The molecule has 1 saturated heterocycles. The first-order valence-corrected chi connectivity index (χ1v) is 13.7. The van der Waals surface area contributed by atoms with Crippen LogP contribution in [0.5, 0.6) is 5.75 Å². The lowest BCUT2D eigenvalue weighted by Crippen LogP contribution is -2.25. The van der Waals surface area contributed by atoms with Crippen LogP contribution in [0.3, 0.4) is 0 Å². The summed E-state index contributed by atoms with van der Waals surface area (Å²) < 4.78 is 6.02. The molecule has 7 heterocycles. The highest BCUT2D eigenvalue weighted by Crippen LogP contribution is 2.36. The van der Waals surface area contributed by atoms with Gasteiger partial charge in [-0.25, -0.2) is 9.97 Å². The molecular formula is C29H27N7OS. The first-order chi connectivity index (χ1) is 18.7. The molecule has 7 rings (SSSR count). The second kappa shape index (κ2) is 9.66. The van der Waals surface area contributed by atoms with Crippen molar-refractivity contribution in [2.24, 2.45) is 0 Å². The van der Waals surface area contributed by atoms with Crippen LogP contribution in [0.2, 0.25) is 0 Å². The standard InChI is InChI=1S/C29H27N7OS/c1-18-4-7-26(38-18)21-8-9-31-29-22(21)15-25(33-29)28-27-24(34-35-28)6-5-23(32-27)19-14-20(17-30-16-19)37-13-12-36-10-2-3-11-36/h4-9,14-17H,2-3,10-13H2,1H3,(H,31,33)(H,34,35). The number of aromatic amines is 2. The highest BCUT2D eigenvalue weighted by Gasteiger charge is 2.17. The van der Waals surface area contributed by atoms with E-state index in [0.717, 1.165) is 62.6 Å². The molecule has 8 nitrogen and oxygen atoms in total. The molecule has 0 bridgehead atoms. The van der Waals surface area contributed by atoms with Crippen LogP contribution in [-0.2, 0) is 0 Å². The van der Waals surface area contributed by atoms with Crippen molar-refractivity contribution < 1.29 is 4.74 Å². The van der Waals surface area contributed by atoms with E-state index in [0.29, 0.717) is 6.61 Å². The minimum atomic E-state index is 0.658. The van der Waals surface area contributed by atoms with E-state index in [1.54, 1.807) is 17.5 Å². The number of hydrogen-bond donors (Lipinski definition) is 2. The number of likely N-dealkylation sites (tertiary alicyclic amines) is 1. The van der Waals surface area contributed by atoms with Gasteiger partial charge in [0.15, 0.2) is 0 Å². The third-order valence-electron chi connectivity index (χ3n) is 7.08. The molecule has 38 heavy (non-hydrogen) atoms. The summed E-state index contributed by atoms with van der Waals surface area (Å²) in [5, 5.41) is 8.81. The van der Waals surface area contributed by atoms with Gasteiger partial charge >= 0.3 is 0 Å². The second-order valence-electron chi connectivity index (χ2n) is 9.69. The molecule has 0 radical (unpaired) electrons. The zero-order valence-corrected chi connectivity index (χ0v) is 21.9. The fraction of sp³-hybridized carbons (Fsp3) is 0.241. The van der Waals surface area contributed by atoms with Gasteiger partial charge in [-0.2, -0.15) is 5.10 Å². The van der Waals surface area contributed by atoms with E-state index in [2.05, 4.69) is 61.2 Å². The van der Waals surface area contributed by atoms with E-state index in [4.69, 9.17) is 9.72 Å². The fourth-order valence-corrected chi connectivity index (χ4v) is 6.04. The zero-order chi connectivity index (χ0) is 25.5. The summed E-state index contributed by atoms with van der Waals surface area (Å²) in [4.78, 5) is 22.4. The molecule has 6 aromatic heterocycles. The number of thiophene rings is 1. The average Bonchev–Trinajstić information content (AvgIpc) is 3.74. The first-order valence-electron chi connectivity index (χ1n) is 12.9. The Bertz CT molecular complexity index is 1740. The molecule has 0 unspecified atom stereocenters. The van der Waals surface area contributed by atoms with Gasteiger partial charge in [0, 0.05) is 45.2 Å². The number of fused-ring (bicyclic) bond motifs is 2. The molecule has 0 amide bonds. The van der Waals surface area contributed by atoms with Gasteiger partial charge in [0.1, 0.15) is 29.2 Å². The van der Waals surface area contributed by atoms with Crippen molar-refractivity contribution in [2.75, 3.05) is 26.2 Å². The van der Waals surface area contributed by atoms with Crippen LogP contribution in [0.15, 0.2) is 61.1 Å². The fourth-order valence-electron chi connectivity index (χ4n) is 5.13. The van der Waals surface area contributed by atoms with Gasteiger partial charge < -0.3 is 9.72 Å². The van der Waals surface area contributed by atoms with E-state index in [1.165, 1.54) is 35.7 Å². The van der Waals surface area contributed by atoms with Gasteiger partial charge in [-0.05, 0) is 75.3 Å². The van der Waals surface area contributed by atoms with Crippen molar-refractivity contribution in [2.45, 2.75) is 19.8 Å². The summed E-state index contributed by atoms with van der Waals surface area (Å²) in [6.45, 7) is 6.06. The Morgan fingerprint density at radius 2 is 1.97 bits per heavy atom. The Labute approximate surface area is 223 Å². The van der Waals surface area contributed by atoms with Gasteiger partial charge in [-0.15, -0.1) is 11.3 Å². The molecule has 1 fully saturated rings. The molecule has 0 aliphatic carbocycles. The minimum absolute atomic E-state index is 0.658. The van der Waals surface area contributed by atoms with Gasteiger partial charge in [0.2, 0.25) is 0 Å². The number of aromatic nitrogens is 6. The molecule has 1 aliphatic rings. The molecule has 2 N–H and O–H groups in total. The summed E-state index contributed by atoms with van der Waals surface area (Å²) in [6.07, 6.45) is 8.00. The Hall–Kier alpha value is -4.08. The Kier molecular flexibility index (Phi) is 5.87. The van der Waals surface area contributed by atoms with Crippen molar-refractivity contribution >= 4 is 33.4 Å². The third kappa shape index (κ3) is 4.33. The van der Waals surface area contributed by atoms with Crippen LogP contribution < -0.4 is 4.74 Å². The summed E-state index contributed by atoms with van der Waals surface area (Å²) in [6, 6.07) is 14.5. The quantitative estimate of drug-likeness (QED) is 0.265. The molecule has 0 saturated carbocycles. The summed E-state index contributed by atoms with van der Waals surface area (Å²) in [5.74, 6) is 0.758. The Balaban J connectivity index is 1.20. The largest absolute Gasteiger partial charge is 0.491 e. The van der Waals surface area contributed by atoms with E-state index in [1.807, 2.05) is 30.6 Å². The normalized spacial score (nSPS) is 14.1. The number of rotatable bonds is 7. The predicted molar refractivity (Wildman–Crippen MR) is 151 cm³/mol. The molecular weight excluding hydrogens is 494 g/mol. The lowest BCUT2D eigenvalue weighted by Gasteiger charge is -2.15. The smallest absolute Gasteiger partial charge is 0.138 e. The number of pyridine rings is 3. The summed E-state index contributed by atoms with van der Waals surface area (Å²) in [7, 11) is 0. The lowest BCUT2D eigenvalue weighted by molar-refractivity contribution is 0.237. The maximum Gasteiger partial charge on any atom is 0.138 e. The highest BCUT2D eigenvalue weighted by molar-refractivity contribution is 7.15. The van der Waals surface area contributed by atoms with E-state index >= 15 is 0 Å². The molecule has 0 atom stereocenters. The van der Waals surface area contributed by atoms with E-state index in [-0.39, 0.29) is 0 Å². The molecule has 0 aromatic carbocycles. The SMILES string of the molecule is Cc1ccc(-c2ccnc3[nH]c(-c4n[nH]c5ccc(-c6cncc(OCCN7CCCC7)c6)nc45)cc23)s1. The minimum Gasteiger partial charge on any atom is -0.491 e. The molecule has 190 valence electrons. The van der Waals surface area contributed by atoms with E-state index < -0.39 is 0 Å². The Morgan fingerprint density at radius 3 is 2.84 bits per heavy atom. The molecule has 1 aliphatic heterocycles. The molecule has 0 spiro atoms. The van der Waals surface area contributed by atoms with Gasteiger partial charge in [-0.3, -0.25) is 15.0 Å². The lowest BCUT2D eigenvalue weighted by atomic mass is 10.1. The van der Waals surface area contributed by atoms with Crippen molar-refractivity contribution in [1.82, 2.24) is 35.0 Å². The van der Waals surface area contributed by atoms with Gasteiger partial charge in [0.05, 0.1) is 23.1 Å². The topological polar surface area (TPSA) is 95.6 Å². The van der Waals surface area contributed by atoms with Crippen LogP contribution in [0.4, 0.5) is 0 Å². The van der Waals surface area contributed by atoms with Crippen molar-refractivity contribution in [3.8, 4) is 38.8 Å². The van der Waals surface area contributed by atoms with Crippen molar-refractivity contribution in [3.05, 3.63) is 65.9 Å². The number of aryl methyl sites for hydroxylation is 1. The van der Waals surface area contributed by atoms with Crippen molar-refractivity contribution in [3.63, 3.8) is 0 Å². The van der Waals surface area contributed by atoms with Crippen LogP contribution in [0.25, 0.3) is 55.2 Å². The van der Waals surface area contributed by atoms with Crippen LogP contribution >= 0.6 is 11.3 Å². The van der Waals surface area contributed by atoms with Crippen LogP contribution in [-0.4, -0.2) is 61.3 Å². The second-order valence-corrected chi connectivity index (χ2v) is 11.0. The molecule has 9 heteroatoms. The number of H-pyrrole nitrogens is 2. The van der Waals surface area contributed by atoms with Gasteiger partial charge in [0.25, 0.3) is 0 Å². The molecule has 6 aromatic rings.